The van der Waals surface area contributed by atoms with E-state index in [9.17, 15) is 20.2 Å². The Morgan fingerprint density at radius 2 is 1.62 bits per heavy atom. The predicted molar refractivity (Wildman–Crippen MR) is 75.2 cm³/mol. The van der Waals surface area contributed by atoms with Crippen LogP contribution in [-0.2, 0) is 21.1 Å². The number of rotatable bonds is 2. The average Bonchev–Trinajstić information content (AvgIpc) is 2.39. The molecule has 120 valence electrons. The first-order valence-electron chi connectivity index (χ1n) is 6.36. The summed E-state index contributed by atoms with van der Waals surface area (Å²) in [6.45, 7) is 0. The molecule has 1 aromatic rings. The molecule has 21 heavy (non-hydrogen) atoms. The first-order chi connectivity index (χ1) is 9.43. The Hall–Kier alpha value is -1.53. The minimum absolute atomic E-state index is 0. The second kappa shape index (κ2) is 9.41. The number of nitrogens with zero attached hydrogens (tertiary/aromatic N) is 2. The molecule has 1 fully saturated rings. The normalized spacial score (nSPS) is 14.3. The summed E-state index contributed by atoms with van der Waals surface area (Å²) in [6, 6.07) is 4.11. The molecule has 2 rings (SSSR count). The Labute approximate surface area is 136 Å². The van der Waals surface area contributed by atoms with Gasteiger partial charge in [0.2, 0.25) is 0 Å². The van der Waals surface area contributed by atoms with Crippen LogP contribution in [0.4, 0.5) is 17.1 Å². The van der Waals surface area contributed by atoms with Crippen LogP contribution in [-0.4, -0.2) is 15.9 Å². The van der Waals surface area contributed by atoms with Crippen LogP contribution in [0.1, 0.15) is 32.1 Å². The molecule has 9 heteroatoms. The summed E-state index contributed by atoms with van der Waals surface area (Å²) < 4.78 is 0. The zero-order chi connectivity index (χ0) is 15.1. The number of anilines is 1. The molecule has 1 saturated carbocycles. The van der Waals surface area contributed by atoms with E-state index in [1.165, 1.54) is 44.2 Å². The Balaban J connectivity index is 0.000000425. The summed E-state index contributed by atoms with van der Waals surface area (Å²) in [4.78, 5) is 19.0. The quantitative estimate of drug-likeness (QED) is 0.381. The van der Waals surface area contributed by atoms with Gasteiger partial charge in [-0.3, -0.25) is 20.2 Å². The zero-order valence-electron chi connectivity index (χ0n) is 11.3. The molecule has 0 saturated heterocycles. The molecule has 0 heterocycles. The summed E-state index contributed by atoms with van der Waals surface area (Å²) >= 11 is 0. The van der Waals surface area contributed by atoms with Gasteiger partial charge in [-0.25, -0.2) is 0 Å². The van der Waals surface area contributed by atoms with Crippen LogP contribution >= 0.6 is 0 Å². The van der Waals surface area contributed by atoms with E-state index >= 15 is 0 Å². The summed E-state index contributed by atoms with van der Waals surface area (Å²) in [5.41, 5.74) is 9.39. The maximum absolute atomic E-state index is 10.4. The molecule has 1 aliphatic carbocycles. The van der Waals surface area contributed by atoms with Crippen molar-refractivity contribution in [3.63, 3.8) is 0 Å². The van der Waals surface area contributed by atoms with E-state index in [1.54, 1.807) is 0 Å². The van der Waals surface area contributed by atoms with Crippen LogP contribution < -0.4 is 11.5 Å². The summed E-state index contributed by atoms with van der Waals surface area (Å²) in [5.74, 6) is 0. The fraction of sp³-hybridized carbons (Fsp3) is 0.500. The van der Waals surface area contributed by atoms with Crippen molar-refractivity contribution in [3.05, 3.63) is 38.4 Å². The first-order valence-corrected chi connectivity index (χ1v) is 6.36. The number of hydrogen-bond acceptors (Lipinski definition) is 6. The second-order valence-electron chi connectivity index (χ2n) is 4.63. The van der Waals surface area contributed by atoms with Gasteiger partial charge in [0.25, 0.3) is 0 Å². The SMILES string of the molecule is NC1CCCCC1.Nc1cccc([N+](=O)[O-])c1[N+](=O)[O-].[Pt]. The smallest absolute Gasteiger partial charge is 0.368 e. The minimum atomic E-state index is -0.868. The number of nitro groups is 2. The largest absolute Gasteiger partial charge is 0.393 e. The molecule has 0 aromatic heterocycles. The minimum Gasteiger partial charge on any atom is -0.393 e. The predicted octanol–water partition coefficient (Wildman–Crippen LogP) is 2.36. The van der Waals surface area contributed by atoms with Gasteiger partial charge in [-0.1, -0.05) is 25.3 Å². The topological polar surface area (TPSA) is 138 Å². The molecule has 1 aliphatic rings. The van der Waals surface area contributed by atoms with E-state index in [0.29, 0.717) is 6.04 Å². The number of nitrogen functional groups attached to an aromatic ring is 1. The van der Waals surface area contributed by atoms with E-state index in [4.69, 9.17) is 11.5 Å². The summed E-state index contributed by atoms with van der Waals surface area (Å²) in [6.07, 6.45) is 6.66. The van der Waals surface area contributed by atoms with Crippen molar-refractivity contribution in [1.29, 1.82) is 0 Å². The third-order valence-electron chi connectivity index (χ3n) is 3.08. The Kier molecular flexibility index (Phi) is 8.73. The van der Waals surface area contributed by atoms with E-state index in [-0.39, 0.29) is 26.8 Å². The van der Waals surface area contributed by atoms with Gasteiger partial charge in [0.05, 0.1) is 9.85 Å². The molecule has 8 nitrogen and oxygen atoms in total. The third kappa shape index (κ3) is 6.18. The molecule has 0 unspecified atom stereocenters. The van der Waals surface area contributed by atoms with Crippen LogP contribution in [0.25, 0.3) is 0 Å². The molecular formula is C12H18N4O4Pt. The summed E-state index contributed by atoms with van der Waals surface area (Å²) in [5, 5.41) is 20.7. The van der Waals surface area contributed by atoms with Crippen molar-refractivity contribution in [3.8, 4) is 0 Å². The van der Waals surface area contributed by atoms with Crippen molar-refractivity contribution in [2.75, 3.05) is 5.73 Å². The zero-order valence-corrected chi connectivity index (χ0v) is 13.6. The van der Waals surface area contributed by atoms with Crippen LogP contribution in [0.2, 0.25) is 0 Å². The maximum atomic E-state index is 10.4. The van der Waals surface area contributed by atoms with Gasteiger partial charge < -0.3 is 11.5 Å². The van der Waals surface area contributed by atoms with Gasteiger partial charge in [-0.05, 0) is 18.9 Å². The van der Waals surface area contributed by atoms with Gasteiger partial charge in [0.15, 0.2) is 0 Å². The van der Waals surface area contributed by atoms with Gasteiger partial charge in [-0.15, -0.1) is 0 Å². The van der Waals surface area contributed by atoms with Crippen molar-refractivity contribution in [2.24, 2.45) is 5.73 Å². The first kappa shape index (κ1) is 19.5. The van der Waals surface area contributed by atoms with Crippen LogP contribution in [0, 0.1) is 20.2 Å². The van der Waals surface area contributed by atoms with E-state index in [2.05, 4.69) is 0 Å². The molecule has 4 N–H and O–H groups in total. The van der Waals surface area contributed by atoms with Crippen molar-refractivity contribution < 1.29 is 30.9 Å². The van der Waals surface area contributed by atoms with E-state index in [1.807, 2.05) is 0 Å². The maximum Gasteiger partial charge on any atom is 0.368 e. The Bertz CT molecular complexity index is 492. The molecule has 0 amide bonds. The number of para-hydroxylation sites is 1. The molecule has 0 aliphatic heterocycles. The Morgan fingerprint density at radius 1 is 1.05 bits per heavy atom. The van der Waals surface area contributed by atoms with Gasteiger partial charge >= 0.3 is 11.4 Å². The van der Waals surface area contributed by atoms with Crippen LogP contribution in [0.3, 0.4) is 0 Å². The van der Waals surface area contributed by atoms with Gasteiger partial charge in [0, 0.05) is 33.2 Å². The van der Waals surface area contributed by atoms with Crippen molar-refractivity contribution in [2.45, 2.75) is 38.1 Å². The molecule has 1 aromatic carbocycles. The molecule has 0 spiro atoms. The van der Waals surface area contributed by atoms with Crippen LogP contribution in [0.15, 0.2) is 18.2 Å². The monoisotopic (exact) mass is 477 g/mol. The van der Waals surface area contributed by atoms with Crippen molar-refractivity contribution >= 4 is 17.1 Å². The molecule has 0 bridgehead atoms. The molecule has 0 atom stereocenters. The van der Waals surface area contributed by atoms with Crippen LogP contribution in [0.5, 0.6) is 0 Å². The standard InChI is InChI=1S/C6H5N3O4.C6H13N.Pt/c7-4-2-1-3-5(8(10)11)6(4)9(12)13;7-6-4-2-1-3-5-6;/h1-3H,7H2;6H,1-5,7H2;. The molecular weight excluding hydrogens is 459 g/mol. The number of nitrogens with two attached hydrogens (primary N) is 2. The van der Waals surface area contributed by atoms with Gasteiger partial charge in [-0.2, -0.15) is 0 Å². The third-order valence-corrected chi connectivity index (χ3v) is 3.08. The Morgan fingerprint density at radius 3 is 1.95 bits per heavy atom. The fourth-order valence-corrected chi connectivity index (χ4v) is 2.03. The molecule has 0 radical (unpaired) electrons. The fourth-order valence-electron chi connectivity index (χ4n) is 2.03. The number of hydrogen-bond donors (Lipinski definition) is 2. The van der Waals surface area contributed by atoms with E-state index < -0.39 is 21.2 Å². The second-order valence-corrected chi connectivity index (χ2v) is 4.63. The summed E-state index contributed by atoms with van der Waals surface area (Å²) in [7, 11) is 0. The van der Waals surface area contributed by atoms with Gasteiger partial charge in [0.1, 0.15) is 5.69 Å². The van der Waals surface area contributed by atoms with Crippen molar-refractivity contribution in [1.82, 2.24) is 0 Å². The number of nitro benzene ring substituents is 2. The number of benzene rings is 1. The van der Waals surface area contributed by atoms with E-state index in [0.717, 1.165) is 6.07 Å². The average molecular weight is 477 g/mol.